The molecule has 8 heteroatoms. The van der Waals surface area contributed by atoms with E-state index in [1.165, 1.54) is 17.1 Å². The Kier molecular flexibility index (Phi) is 3.23. The van der Waals surface area contributed by atoms with Crippen LogP contribution in [0.25, 0.3) is 5.65 Å². The number of aromatic carboxylic acids is 1. The maximum Gasteiger partial charge on any atom is 0.338 e. The minimum atomic E-state index is -0.998. The highest BCUT2D eigenvalue weighted by Crippen LogP contribution is 2.23. The number of carboxylic acids is 1. The van der Waals surface area contributed by atoms with Gasteiger partial charge in [-0.1, -0.05) is 11.6 Å². The molecule has 3 heterocycles. The molecule has 0 aromatic carbocycles. The lowest BCUT2D eigenvalue weighted by molar-refractivity contribution is 0.0697. The molecular weight excluding hydrogens is 348 g/mol. The Hall–Kier alpha value is -1.86. The minimum Gasteiger partial charge on any atom is -0.478 e. The van der Waals surface area contributed by atoms with Crippen molar-refractivity contribution in [2.75, 3.05) is 0 Å². The summed E-state index contributed by atoms with van der Waals surface area (Å²) >= 11 is 9.36. The third-order valence-electron chi connectivity index (χ3n) is 2.75. The van der Waals surface area contributed by atoms with Crippen molar-refractivity contribution >= 4 is 39.1 Å². The Morgan fingerprint density at radius 1 is 1.40 bits per heavy atom. The Morgan fingerprint density at radius 3 is 2.90 bits per heavy atom. The molecule has 0 bridgehead atoms. The number of hydrogen-bond acceptors (Lipinski definition) is 3. The van der Waals surface area contributed by atoms with Crippen LogP contribution in [-0.4, -0.2) is 30.2 Å². The summed E-state index contributed by atoms with van der Waals surface area (Å²) in [5.41, 5.74) is 1.64. The molecule has 3 aromatic rings. The first kappa shape index (κ1) is 13.1. The van der Waals surface area contributed by atoms with Gasteiger partial charge in [0, 0.05) is 24.7 Å². The standard InChI is InChI=1S/C12H8BrClN4O2/c13-9-6-17-4-8(16-11(17)1-10(9)14)5-18-3-7(2-15-18)12(19)20/h1-4,6H,5H2,(H,19,20). The number of fused-ring (bicyclic) bond motifs is 1. The summed E-state index contributed by atoms with van der Waals surface area (Å²) in [6.07, 6.45) is 6.44. The van der Waals surface area contributed by atoms with Crippen molar-refractivity contribution in [1.82, 2.24) is 19.2 Å². The maximum atomic E-state index is 10.8. The van der Waals surface area contributed by atoms with Gasteiger partial charge in [-0.15, -0.1) is 0 Å². The molecule has 0 spiro atoms. The Bertz CT molecular complexity index is 772. The van der Waals surface area contributed by atoms with Gasteiger partial charge in [-0.2, -0.15) is 5.10 Å². The number of nitrogens with zero attached hydrogens (tertiary/aromatic N) is 4. The molecule has 3 aromatic heterocycles. The van der Waals surface area contributed by atoms with Gasteiger partial charge < -0.3 is 9.51 Å². The van der Waals surface area contributed by atoms with Crippen molar-refractivity contribution in [1.29, 1.82) is 0 Å². The molecule has 20 heavy (non-hydrogen) atoms. The smallest absolute Gasteiger partial charge is 0.338 e. The molecule has 3 rings (SSSR count). The van der Waals surface area contributed by atoms with Crippen molar-refractivity contribution in [2.45, 2.75) is 6.54 Å². The van der Waals surface area contributed by atoms with Gasteiger partial charge in [-0.3, -0.25) is 4.68 Å². The van der Waals surface area contributed by atoms with Crippen molar-refractivity contribution in [3.8, 4) is 0 Å². The molecule has 1 N–H and O–H groups in total. The van der Waals surface area contributed by atoms with Crippen LogP contribution in [0.1, 0.15) is 16.1 Å². The number of pyridine rings is 1. The quantitative estimate of drug-likeness (QED) is 0.784. The van der Waals surface area contributed by atoms with Crippen LogP contribution in [0.2, 0.25) is 5.02 Å². The largest absolute Gasteiger partial charge is 0.478 e. The molecule has 0 aliphatic rings. The van der Waals surface area contributed by atoms with E-state index >= 15 is 0 Å². The maximum absolute atomic E-state index is 10.8. The zero-order valence-corrected chi connectivity index (χ0v) is 12.3. The predicted molar refractivity (Wildman–Crippen MR) is 76.2 cm³/mol. The normalized spacial score (nSPS) is 11.1. The number of carbonyl (C=O) groups is 1. The first-order chi connectivity index (χ1) is 9.52. The Labute approximate surface area is 126 Å². The summed E-state index contributed by atoms with van der Waals surface area (Å²) in [7, 11) is 0. The number of halogens is 2. The van der Waals surface area contributed by atoms with Gasteiger partial charge in [0.05, 0.1) is 33.5 Å². The number of hydrogen-bond donors (Lipinski definition) is 1. The summed E-state index contributed by atoms with van der Waals surface area (Å²) in [4.78, 5) is 15.2. The Morgan fingerprint density at radius 2 is 2.20 bits per heavy atom. The van der Waals surface area contributed by atoms with Crippen LogP contribution in [0.15, 0.2) is 35.3 Å². The highest BCUT2D eigenvalue weighted by atomic mass is 79.9. The first-order valence-corrected chi connectivity index (χ1v) is 6.78. The second kappa shape index (κ2) is 4.92. The van der Waals surface area contributed by atoms with Gasteiger partial charge >= 0.3 is 5.97 Å². The second-order valence-corrected chi connectivity index (χ2v) is 5.46. The SMILES string of the molecule is O=C(O)c1cnn(Cc2cn3cc(Br)c(Cl)cc3n2)c1. The lowest BCUT2D eigenvalue weighted by Crippen LogP contribution is -2.00. The summed E-state index contributed by atoms with van der Waals surface area (Å²) in [6.45, 7) is 0.393. The molecule has 0 atom stereocenters. The summed E-state index contributed by atoms with van der Waals surface area (Å²) in [5, 5.41) is 13.4. The van der Waals surface area contributed by atoms with E-state index in [4.69, 9.17) is 16.7 Å². The number of carboxylic acid groups (broad SMARTS) is 1. The van der Waals surface area contributed by atoms with E-state index in [9.17, 15) is 4.79 Å². The highest BCUT2D eigenvalue weighted by molar-refractivity contribution is 9.10. The molecule has 102 valence electrons. The van der Waals surface area contributed by atoms with Crippen LogP contribution in [0.4, 0.5) is 0 Å². The van der Waals surface area contributed by atoms with E-state index in [2.05, 4.69) is 26.0 Å². The molecule has 0 unspecified atom stereocenters. The molecule has 0 radical (unpaired) electrons. The molecule has 6 nitrogen and oxygen atoms in total. The summed E-state index contributed by atoms with van der Waals surface area (Å²) < 4.78 is 4.15. The van der Waals surface area contributed by atoms with E-state index < -0.39 is 5.97 Å². The molecule has 0 saturated heterocycles. The van der Waals surface area contributed by atoms with Gasteiger partial charge in [0.15, 0.2) is 0 Å². The van der Waals surface area contributed by atoms with Gasteiger partial charge in [0.25, 0.3) is 0 Å². The third-order valence-corrected chi connectivity index (χ3v) is 3.92. The Balaban J connectivity index is 1.92. The zero-order valence-electron chi connectivity index (χ0n) is 9.99. The second-order valence-electron chi connectivity index (χ2n) is 4.20. The lowest BCUT2D eigenvalue weighted by atomic mass is 10.4. The number of aromatic nitrogens is 4. The topological polar surface area (TPSA) is 72.4 Å². The van der Waals surface area contributed by atoms with Gasteiger partial charge in [-0.25, -0.2) is 9.78 Å². The molecular formula is C12H8BrClN4O2. The van der Waals surface area contributed by atoms with Crippen LogP contribution in [0.3, 0.4) is 0 Å². The monoisotopic (exact) mass is 354 g/mol. The van der Waals surface area contributed by atoms with Gasteiger partial charge in [0.2, 0.25) is 0 Å². The van der Waals surface area contributed by atoms with Crippen molar-refractivity contribution in [2.24, 2.45) is 0 Å². The third kappa shape index (κ3) is 2.41. The highest BCUT2D eigenvalue weighted by Gasteiger charge is 2.09. The summed E-state index contributed by atoms with van der Waals surface area (Å²) in [6, 6.07) is 1.75. The fourth-order valence-electron chi connectivity index (χ4n) is 1.84. The average Bonchev–Trinajstić information content (AvgIpc) is 2.97. The molecule has 0 fully saturated rings. The van der Waals surface area contributed by atoms with E-state index in [0.717, 1.165) is 15.8 Å². The number of imidazole rings is 1. The molecule has 0 amide bonds. The first-order valence-electron chi connectivity index (χ1n) is 5.61. The van der Waals surface area contributed by atoms with Crippen molar-refractivity contribution < 1.29 is 9.90 Å². The van der Waals surface area contributed by atoms with Crippen LogP contribution in [0, 0.1) is 0 Å². The van der Waals surface area contributed by atoms with E-state index in [1.807, 2.05) is 16.8 Å². The lowest BCUT2D eigenvalue weighted by Gasteiger charge is -1.96. The average molecular weight is 356 g/mol. The van der Waals surface area contributed by atoms with Crippen LogP contribution in [-0.2, 0) is 6.54 Å². The molecule has 0 aliphatic carbocycles. The fraction of sp³-hybridized carbons (Fsp3) is 0.0833. The fourth-order valence-corrected chi connectivity index (χ4v) is 2.32. The van der Waals surface area contributed by atoms with Crippen molar-refractivity contribution in [3.05, 3.63) is 51.6 Å². The van der Waals surface area contributed by atoms with E-state index in [-0.39, 0.29) is 5.56 Å². The van der Waals surface area contributed by atoms with Crippen LogP contribution >= 0.6 is 27.5 Å². The van der Waals surface area contributed by atoms with Crippen LogP contribution < -0.4 is 0 Å². The number of rotatable bonds is 3. The molecule has 0 aliphatic heterocycles. The predicted octanol–water partition coefficient (Wildman–Crippen LogP) is 2.69. The van der Waals surface area contributed by atoms with E-state index in [1.54, 1.807) is 6.07 Å². The summed E-state index contributed by atoms with van der Waals surface area (Å²) in [5.74, 6) is -0.998. The van der Waals surface area contributed by atoms with Crippen molar-refractivity contribution in [3.63, 3.8) is 0 Å². The van der Waals surface area contributed by atoms with E-state index in [0.29, 0.717) is 11.6 Å². The van der Waals surface area contributed by atoms with Crippen LogP contribution in [0.5, 0.6) is 0 Å². The van der Waals surface area contributed by atoms with Gasteiger partial charge in [-0.05, 0) is 15.9 Å². The van der Waals surface area contributed by atoms with Gasteiger partial charge in [0.1, 0.15) is 5.65 Å². The zero-order chi connectivity index (χ0) is 14.3. The minimum absolute atomic E-state index is 0.152. The molecule has 0 saturated carbocycles.